The Morgan fingerprint density at radius 1 is 1.21 bits per heavy atom. The van der Waals surface area contributed by atoms with Gasteiger partial charge < -0.3 is 23.5 Å². The fourth-order valence-electron chi connectivity index (χ4n) is 3.79. The predicted octanol–water partition coefficient (Wildman–Crippen LogP) is 2.48. The third kappa shape index (κ3) is 4.14. The summed E-state index contributed by atoms with van der Waals surface area (Å²) in [6, 6.07) is 5.57. The van der Waals surface area contributed by atoms with E-state index in [1.165, 1.54) is 5.56 Å². The quantitative estimate of drug-likeness (QED) is 0.734. The molecule has 1 aromatic heterocycles. The number of furan rings is 1. The number of aryl methyl sites for hydroxylation is 2. The maximum absolute atomic E-state index is 12.1. The van der Waals surface area contributed by atoms with Crippen LogP contribution in [0.4, 0.5) is 0 Å². The topological polar surface area (TPSA) is 78.2 Å². The number of rotatable bonds is 5. The van der Waals surface area contributed by atoms with Crippen molar-refractivity contribution in [3.8, 4) is 5.75 Å². The average molecular weight is 387 g/mol. The number of carbonyl (C=O) groups excluding carboxylic acids is 2. The standard InChI is InChI=1S/C21H25NO6/c1-14-11-22(8-9-25-14)20(23)12-27-21(24)13-26-15-6-7-19-17(10-15)16-4-2-3-5-18(16)28-19/h6-7,10,14H,2-5,8-9,11-13H2,1H3. The summed E-state index contributed by atoms with van der Waals surface area (Å²) < 4.78 is 21.9. The lowest BCUT2D eigenvalue weighted by Crippen LogP contribution is -2.46. The van der Waals surface area contributed by atoms with E-state index in [4.69, 9.17) is 18.6 Å². The highest BCUT2D eigenvalue weighted by molar-refractivity contribution is 5.84. The van der Waals surface area contributed by atoms with Gasteiger partial charge in [0.05, 0.1) is 12.7 Å². The smallest absolute Gasteiger partial charge is 0.344 e. The van der Waals surface area contributed by atoms with Crippen LogP contribution in [-0.4, -0.2) is 55.8 Å². The van der Waals surface area contributed by atoms with Gasteiger partial charge in [-0.3, -0.25) is 4.79 Å². The van der Waals surface area contributed by atoms with Crippen molar-refractivity contribution in [2.24, 2.45) is 0 Å². The molecular formula is C21H25NO6. The van der Waals surface area contributed by atoms with Crippen LogP contribution in [0.15, 0.2) is 22.6 Å². The molecular weight excluding hydrogens is 362 g/mol. The third-order valence-electron chi connectivity index (χ3n) is 5.23. The molecule has 1 atom stereocenters. The lowest BCUT2D eigenvalue weighted by molar-refractivity contribution is -0.156. The Bertz CT molecular complexity index is 873. The van der Waals surface area contributed by atoms with E-state index in [9.17, 15) is 9.59 Å². The molecule has 0 N–H and O–H groups in total. The molecule has 4 rings (SSSR count). The number of hydrogen-bond acceptors (Lipinski definition) is 6. The highest BCUT2D eigenvalue weighted by Crippen LogP contribution is 2.33. The summed E-state index contributed by atoms with van der Waals surface area (Å²) in [5, 5.41) is 1.05. The van der Waals surface area contributed by atoms with Crippen LogP contribution in [-0.2, 0) is 31.9 Å². The maximum atomic E-state index is 12.1. The van der Waals surface area contributed by atoms with E-state index in [-0.39, 0.29) is 25.2 Å². The molecule has 1 fully saturated rings. The lowest BCUT2D eigenvalue weighted by atomic mass is 9.96. The summed E-state index contributed by atoms with van der Waals surface area (Å²) in [7, 11) is 0. The molecule has 1 aliphatic heterocycles. The van der Waals surface area contributed by atoms with E-state index in [1.54, 1.807) is 11.0 Å². The van der Waals surface area contributed by atoms with Gasteiger partial charge in [-0.15, -0.1) is 0 Å². The van der Waals surface area contributed by atoms with Crippen molar-refractivity contribution >= 4 is 22.8 Å². The van der Waals surface area contributed by atoms with E-state index in [0.717, 1.165) is 42.4 Å². The van der Waals surface area contributed by atoms with Gasteiger partial charge in [0, 0.05) is 30.5 Å². The number of esters is 1. The Labute approximate surface area is 163 Å². The first-order chi connectivity index (χ1) is 13.6. The molecule has 2 aromatic rings. The second-order valence-electron chi connectivity index (χ2n) is 7.34. The normalized spacial score (nSPS) is 19.3. The fourth-order valence-corrected chi connectivity index (χ4v) is 3.79. The fraction of sp³-hybridized carbons (Fsp3) is 0.524. The van der Waals surface area contributed by atoms with E-state index in [1.807, 2.05) is 19.1 Å². The first-order valence-corrected chi connectivity index (χ1v) is 9.82. The van der Waals surface area contributed by atoms with Crippen molar-refractivity contribution in [3.63, 3.8) is 0 Å². The van der Waals surface area contributed by atoms with Crippen LogP contribution in [0.1, 0.15) is 31.1 Å². The second kappa shape index (κ2) is 8.22. The average Bonchev–Trinajstić information content (AvgIpc) is 3.08. The Hall–Kier alpha value is -2.54. The molecule has 7 heteroatoms. The van der Waals surface area contributed by atoms with Crippen LogP contribution in [0.2, 0.25) is 0 Å². The van der Waals surface area contributed by atoms with Crippen molar-refractivity contribution in [1.82, 2.24) is 4.90 Å². The zero-order valence-corrected chi connectivity index (χ0v) is 16.1. The molecule has 7 nitrogen and oxygen atoms in total. The van der Waals surface area contributed by atoms with Crippen molar-refractivity contribution in [3.05, 3.63) is 29.5 Å². The summed E-state index contributed by atoms with van der Waals surface area (Å²) in [4.78, 5) is 25.7. The predicted molar refractivity (Wildman–Crippen MR) is 101 cm³/mol. The third-order valence-corrected chi connectivity index (χ3v) is 5.23. The number of morpholine rings is 1. The minimum atomic E-state index is -0.566. The Morgan fingerprint density at radius 2 is 2.07 bits per heavy atom. The van der Waals surface area contributed by atoms with Gasteiger partial charge in [0.15, 0.2) is 13.2 Å². The van der Waals surface area contributed by atoms with Gasteiger partial charge in [-0.2, -0.15) is 0 Å². The SMILES string of the molecule is CC1CN(C(=O)COC(=O)COc2ccc3oc4c(c3c2)CCCC4)CCO1. The molecule has 1 aromatic carbocycles. The van der Waals surface area contributed by atoms with Crippen molar-refractivity contribution < 1.29 is 28.2 Å². The van der Waals surface area contributed by atoms with Gasteiger partial charge >= 0.3 is 5.97 Å². The molecule has 2 heterocycles. The zero-order chi connectivity index (χ0) is 19.5. The van der Waals surface area contributed by atoms with Crippen molar-refractivity contribution in [1.29, 1.82) is 0 Å². The molecule has 0 bridgehead atoms. The minimum Gasteiger partial charge on any atom is -0.482 e. The van der Waals surface area contributed by atoms with Crippen LogP contribution in [0.3, 0.4) is 0 Å². The summed E-state index contributed by atoms with van der Waals surface area (Å²) in [6.07, 6.45) is 4.30. The van der Waals surface area contributed by atoms with Gasteiger partial charge in [-0.05, 0) is 44.4 Å². The highest BCUT2D eigenvalue weighted by atomic mass is 16.6. The number of hydrogen-bond donors (Lipinski definition) is 0. The second-order valence-corrected chi connectivity index (χ2v) is 7.34. The summed E-state index contributed by atoms with van der Waals surface area (Å²) in [6.45, 7) is 2.94. The van der Waals surface area contributed by atoms with Gasteiger partial charge in [0.1, 0.15) is 17.1 Å². The van der Waals surface area contributed by atoms with Gasteiger partial charge in [0.2, 0.25) is 0 Å². The number of nitrogens with zero attached hydrogens (tertiary/aromatic N) is 1. The van der Waals surface area contributed by atoms with E-state index < -0.39 is 5.97 Å². The molecule has 1 saturated heterocycles. The number of carbonyl (C=O) groups is 2. The molecule has 1 amide bonds. The van der Waals surface area contributed by atoms with Gasteiger partial charge in [0.25, 0.3) is 5.91 Å². The molecule has 150 valence electrons. The number of ether oxygens (including phenoxy) is 3. The molecule has 0 saturated carbocycles. The van der Waals surface area contributed by atoms with Crippen molar-refractivity contribution in [2.45, 2.75) is 38.7 Å². The first kappa shape index (κ1) is 18.8. The largest absolute Gasteiger partial charge is 0.482 e. The van der Waals surface area contributed by atoms with Crippen LogP contribution < -0.4 is 4.74 Å². The van der Waals surface area contributed by atoms with Crippen LogP contribution in [0.5, 0.6) is 5.75 Å². The Kier molecular flexibility index (Phi) is 5.52. The maximum Gasteiger partial charge on any atom is 0.344 e. The Balaban J connectivity index is 1.29. The molecule has 2 aliphatic rings. The van der Waals surface area contributed by atoms with E-state index in [2.05, 4.69) is 0 Å². The minimum absolute atomic E-state index is 0.000295. The number of fused-ring (bicyclic) bond motifs is 3. The molecule has 0 radical (unpaired) electrons. The van der Waals surface area contributed by atoms with Gasteiger partial charge in [-0.25, -0.2) is 4.79 Å². The van der Waals surface area contributed by atoms with Crippen molar-refractivity contribution in [2.75, 3.05) is 32.9 Å². The van der Waals surface area contributed by atoms with Crippen LogP contribution in [0.25, 0.3) is 11.0 Å². The number of amides is 1. The molecule has 1 aliphatic carbocycles. The summed E-state index contributed by atoms with van der Waals surface area (Å²) in [5.41, 5.74) is 2.10. The lowest BCUT2D eigenvalue weighted by Gasteiger charge is -2.30. The zero-order valence-electron chi connectivity index (χ0n) is 16.1. The molecule has 0 spiro atoms. The number of benzene rings is 1. The van der Waals surface area contributed by atoms with E-state index in [0.29, 0.717) is 25.4 Å². The van der Waals surface area contributed by atoms with Gasteiger partial charge in [-0.1, -0.05) is 0 Å². The summed E-state index contributed by atoms with van der Waals surface area (Å²) in [5.74, 6) is 0.875. The monoisotopic (exact) mass is 387 g/mol. The highest BCUT2D eigenvalue weighted by Gasteiger charge is 2.22. The van der Waals surface area contributed by atoms with Crippen LogP contribution in [0, 0.1) is 0 Å². The molecule has 1 unspecified atom stereocenters. The summed E-state index contributed by atoms with van der Waals surface area (Å²) >= 11 is 0. The first-order valence-electron chi connectivity index (χ1n) is 9.82. The Morgan fingerprint density at radius 3 is 2.93 bits per heavy atom. The van der Waals surface area contributed by atoms with Crippen LogP contribution >= 0.6 is 0 Å². The van der Waals surface area contributed by atoms with E-state index >= 15 is 0 Å². The molecule has 28 heavy (non-hydrogen) atoms.